The van der Waals surface area contributed by atoms with Crippen molar-refractivity contribution in [1.29, 1.82) is 0 Å². The summed E-state index contributed by atoms with van der Waals surface area (Å²) in [6.45, 7) is 0.905. The van der Waals surface area contributed by atoms with Crippen LogP contribution in [0.2, 0.25) is 0 Å². The number of rotatable bonds is 1. The highest BCUT2D eigenvalue weighted by molar-refractivity contribution is 9.11. The Morgan fingerprint density at radius 3 is 2.67 bits per heavy atom. The van der Waals surface area contributed by atoms with E-state index in [1.165, 1.54) is 0 Å². The molecule has 1 saturated heterocycles. The maximum atomic E-state index is 4.83. The molecule has 1 heterocycles. The summed E-state index contributed by atoms with van der Waals surface area (Å²) in [5.74, 6) is 0. The van der Waals surface area contributed by atoms with E-state index in [4.69, 9.17) is 4.74 Å². The molecule has 1 unspecified atom stereocenters. The van der Waals surface area contributed by atoms with Gasteiger partial charge in [0.2, 0.25) is 0 Å². The van der Waals surface area contributed by atoms with Gasteiger partial charge in [-0.3, -0.25) is 0 Å². The summed E-state index contributed by atoms with van der Waals surface area (Å²) in [4.78, 5) is 1.82. The number of hydrogen-bond acceptors (Lipinski definition) is 1. The van der Waals surface area contributed by atoms with Gasteiger partial charge in [-0.05, 0) is 11.1 Å². The Morgan fingerprint density at radius 1 is 1.83 bits per heavy atom. The first-order valence-electron chi connectivity index (χ1n) is 1.82. The van der Waals surface area contributed by atoms with Gasteiger partial charge < -0.3 is 4.74 Å². The lowest BCUT2D eigenvalue weighted by atomic mass is 10.5. The molecule has 0 aromatic rings. The predicted molar refractivity (Wildman–Crippen MR) is 27.8 cm³/mol. The molecular weight excluding hydrogens is 144 g/mol. The summed E-state index contributed by atoms with van der Waals surface area (Å²) >= 11 is 3.13. The maximum Gasteiger partial charge on any atom is 0.0999 e. The molecule has 0 N–H and O–H groups in total. The second-order valence-corrected chi connectivity index (χ2v) is 1.72. The molecule has 6 heavy (non-hydrogen) atoms. The summed E-state index contributed by atoms with van der Waals surface area (Å²) < 4.78 is 4.83. The molecule has 1 aliphatic rings. The summed E-state index contributed by atoms with van der Waals surface area (Å²) in [5, 5.41) is 0. The first kappa shape index (κ1) is 4.34. The minimum absolute atomic E-state index is 0.421. The van der Waals surface area contributed by atoms with Gasteiger partial charge in [0.1, 0.15) is 0 Å². The lowest BCUT2D eigenvalue weighted by Gasteiger charge is -1.64. The van der Waals surface area contributed by atoms with Gasteiger partial charge in [0, 0.05) is 0 Å². The summed E-state index contributed by atoms with van der Waals surface area (Å²) in [6, 6.07) is 0. The van der Waals surface area contributed by atoms with Crippen LogP contribution in [-0.4, -0.2) is 12.7 Å². The lowest BCUT2D eigenvalue weighted by molar-refractivity contribution is 0.440. The molecule has 1 aliphatic heterocycles. The smallest absolute Gasteiger partial charge is 0.0999 e. The van der Waals surface area contributed by atoms with Crippen LogP contribution in [-0.2, 0) is 4.74 Å². The van der Waals surface area contributed by atoms with Crippen molar-refractivity contribution in [1.82, 2.24) is 0 Å². The van der Waals surface area contributed by atoms with Crippen LogP contribution in [0.25, 0.3) is 0 Å². The van der Waals surface area contributed by atoms with Crippen LogP contribution in [0.4, 0.5) is 0 Å². The SMILES string of the molecule is Br/C=C\C1CO1. The molecule has 34 valence electrons. The van der Waals surface area contributed by atoms with Gasteiger partial charge in [-0.15, -0.1) is 0 Å². The van der Waals surface area contributed by atoms with Crippen LogP contribution in [0, 0.1) is 0 Å². The zero-order valence-electron chi connectivity index (χ0n) is 3.23. The molecule has 1 nitrogen and oxygen atoms in total. The molecule has 0 saturated carbocycles. The molecule has 0 aromatic carbocycles. The Bertz CT molecular complexity index is 65.9. The van der Waals surface area contributed by atoms with Crippen LogP contribution in [0.15, 0.2) is 11.1 Å². The summed E-state index contributed by atoms with van der Waals surface area (Å²) in [6.07, 6.45) is 2.39. The van der Waals surface area contributed by atoms with Gasteiger partial charge in [0.05, 0.1) is 12.7 Å². The topological polar surface area (TPSA) is 12.5 Å². The van der Waals surface area contributed by atoms with Crippen LogP contribution in [0.5, 0.6) is 0 Å². The third-order valence-corrected chi connectivity index (χ3v) is 0.952. The quantitative estimate of drug-likeness (QED) is 0.511. The minimum atomic E-state index is 0.421. The first-order chi connectivity index (χ1) is 2.93. The molecule has 1 rings (SSSR count). The number of epoxide rings is 1. The van der Waals surface area contributed by atoms with E-state index in [1.807, 2.05) is 11.1 Å². The second-order valence-electron chi connectivity index (χ2n) is 1.19. The molecular formula is C4H5BrO. The Hall–Kier alpha value is 0.180. The van der Waals surface area contributed by atoms with Crippen molar-refractivity contribution in [3.05, 3.63) is 11.1 Å². The molecule has 0 aliphatic carbocycles. The monoisotopic (exact) mass is 148 g/mol. The number of halogens is 1. The second kappa shape index (κ2) is 1.76. The molecule has 0 spiro atoms. The Kier molecular flexibility index (Phi) is 1.27. The van der Waals surface area contributed by atoms with E-state index < -0.39 is 0 Å². The largest absolute Gasteiger partial charge is 0.369 e. The van der Waals surface area contributed by atoms with Crippen molar-refractivity contribution >= 4 is 15.9 Å². The van der Waals surface area contributed by atoms with Crippen molar-refractivity contribution in [3.8, 4) is 0 Å². The maximum absolute atomic E-state index is 4.83. The van der Waals surface area contributed by atoms with Crippen LogP contribution in [0.3, 0.4) is 0 Å². The van der Waals surface area contributed by atoms with Crippen molar-refractivity contribution < 1.29 is 4.74 Å². The fourth-order valence-corrected chi connectivity index (χ4v) is 0.588. The molecule has 0 bridgehead atoms. The Balaban J connectivity index is 2.15. The lowest BCUT2D eigenvalue weighted by Crippen LogP contribution is -1.67. The van der Waals surface area contributed by atoms with Crippen molar-refractivity contribution in [3.63, 3.8) is 0 Å². The van der Waals surface area contributed by atoms with E-state index in [1.54, 1.807) is 0 Å². The summed E-state index contributed by atoms with van der Waals surface area (Å²) in [7, 11) is 0. The Morgan fingerprint density at radius 2 is 2.50 bits per heavy atom. The van der Waals surface area contributed by atoms with Gasteiger partial charge in [0.15, 0.2) is 0 Å². The van der Waals surface area contributed by atoms with Crippen LogP contribution >= 0.6 is 15.9 Å². The van der Waals surface area contributed by atoms with Gasteiger partial charge in [-0.2, -0.15) is 0 Å². The van der Waals surface area contributed by atoms with E-state index in [-0.39, 0.29) is 0 Å². The molecule has 1 atom stereocenters. The van der Waals surface area contributed by atoms with Crippen LogP contribution < -0.4 is 0 Å². The molecule has 0 amide bonds. The fourth-order valence-electron chi connectivity index (χ4n) is 0.248. The molecule has 2 heteroatoms. The molecule has 0 radical (unpaired) electrons. The highest BCUT2D eigenvalue weighted by atomic mass is 79.9. The summed E-state index contributed by atoms with van der Waals surface area (Å²) in [5.41, 5.74) is 0. The highest BCUT2D eigenvalue weighted by Crippen LogP contribution is 2.09. The van der Waals surface area contributed by atoms with Gasteiger partial charge in [0.25, 0.3) is 0 Å². The molecule has 0 aromatic heterocycles. The van der Waals surface area contributed by atoms with E-state index in [0.717, 1.165) is 6.61 Å². The van der Waals surface area contributed by atoms with Crippen LogP contribution in [0.1, 0.15) is 0 Å². The standard InChI is InChI=1S/C4H5BrO/c5-2-1-4-3-6-4/h1-2,4H,3H2/b2-1-. The van der Waals surface area contributed by atoms with Gasteiger partial charge in [-0.25, -0.2) is 0 Å². The van der Waals surface area contributed by atoms with E-state index in [9.17, 15) is 0 Å². The van der Waals surface area contributed by atoms with Gasteiger partial charge >= 0.3 is 0 Å². The van der Waals surface area contributed by atoms with Crippen molar-refractivity contribution in [2.45, 2.75) is 6.10 Å². The zero-order chi connectivity index (χ0) is 4.41. The van der Waals surface area contributed by atoms with Crippen molar-refractivity contribution in [2.75, 3.05) is 6.61 Å². The Labute approximate surface area is 45.1 Å². The van der Waals surface area contributed by atoms with E-state index >= 15 is 0 Å². The van der Waals surface area contributed by atoms with E-state index in [0.29, 0.717) is 6.10 Å². The first-order valence-corrected chi connectivity index (χ1v) is 2.73. The highest BCUT2D eigenvalue weighted by Gasteiger charge is 2.17. The molecule has 1 fully saturated rings. The predicted octanol–water partition coefficient (Wildman–Crippen LogP) is 1.29. The third-order valence-electron chi connectivity index (χ3n) is 0.647. The average Bonchev–Trinajstić information content (AvgIpc) is 2.21. The average molecular weight is 149 g/mol. The van der Waals surface area contributed by atoms with Crippen molar-refractivity contribution in [2.24, 2.45) is 0 Å². The van der Waals surface area contributed by atoms with E-state index in [2.05, 4.69) is 15.9 Å². The minimum Gasteiger partial charge on any atom is -0.369 e. The number of ether oxygens (including phenoxy) is 1. The fraction of sp³-hybridized carbons (Fsp3) is 0.500. The third kappa shape index (κ3) is 1.11. The zero-order valence-corrected chi connectivity index (χ0v) is 4.81. The van der Waals surface area contributed by atoms with Gasteiger partial charge in [-0.1, -0.05) is 15.9 Å². The number of hydrogen-bond donors (Lipinski definition) is 0. The normalized spacial score (nSPS) is 31.8.